The average Bonchev–Trinajstić information content (AvgIpc) is 2.38. The lowest BCUT2D eigenvalue weighted by atomic mass is 10.2. The van der Waals surface area contributed by atoms with Gasteiger partial charge in [0, 0.05) is 10.5 Å². The van der Waals surface area contributed by atoms with Gasteiger partial charge in [-0.15, -0.1) is 5.10 Å². The summed E-state index contributed by atoms with van der Waals surface area (Å²) in [5.41, 5.74) is 1.06. The number of rotatable bonds is 4. The molecule has 0 radical (unpaired) electrons. The Hall–Kier alpha value is -1.73. The minimum atomic E-state index is -0.442. The van der Waals surface area contributed by atoms with E-state index in [-0.39, 0.29) is 5.69 Å². The maximum atomic E-state index is 10.9. The van der Waals surface area contributed by atoms with Gasteiger partial charge < -0.3 is 5.32 Å². The monoisotopic (exact) mass is 342 g/mol. The third kappa shape index (κ3) is 3.62. The molecule has 0 aliphatic heterocycles. The minimum Gasteiger partial charge on any atom is -0.374 e. The number of hydrogen-bond donors (Lipinski definition) is 1. The maximum Gasteiger partial charge on any atom is 0.292 e. The van der Waals surface area contributed by atoms with Gasteiger partial charge in [-0.05, 0) is 24.3 Å². The SMILES string of the molecule is O=[N+]([O-])c1ccc(Br)cc1NCc1ccc(Cl)nn1. The summed E-state index contributed by atoms with van der Waals surface area (Å²) in [6.45, 7) is 0.321. The lowest BCUT2D eigenvalue weighted by molar-refractivity contribution is -0.384. The lowest BCUT2D eigenvalue weighted by Crippen LogP contribution is -2.04. The normalized spacial score (nSPS) is 10.2. The number of nitro groups is 1. The molecule has 0 atom stereocenters. The van der Waals surface area contributed by atoms with E-state index in [2.05, 4.69) is 31.4 Å². The van der Waals surface area contributed by atoms with Gasteiger partial charge in [0.15, 0.2) is 5.15 Å². The number of anilines is 1. The first kappa shape index (κ1) is 13.7. The van der Waals surface area contributed by atoms with Crippen LogP contribution in [0.2, 0.25) is 5.15 Å². The Morgan fingerprint density at radius 2 is 2.11 bits per heavy atom. The van der Waals surface area contributed by atoms with Crippen molar-refractivity contribution in [2.45, 2.75) is 6.54 Å². The van der Waals surface area contributed by atoms with Crippen LogP contribution in [0.1, 0.15) is 5.69 Å². The molecule has 0 unspecified atom stereocenters. The fourth-order valence-corrected chi connectivity index (χ4v) is 1.89. The molecule has 0 fully saturated rings. The summed E-state index contributed by atoms with van der Waals surface area (Å²) in [5.74, 6) is 0. The molecular weight excluding hydrogens is 336 g/mol. The Labute approximate surface area is 122 Å². The molecule has 2 aromatic rings. The molecule has 0 bridgehead atoms. The summed E-state index contributed by atoms with van der Waals surface area (Å²) in [6, 6.07) is 8.00. The smallest absolute Gasteiger partial charge is 0.292 e. The number of nitro benzene ring substituents is 1. The second-order valence-electron chi connectivity index (χ2n) is 3.62. The molecule has 1 aromatic heterocycles. The van der Waals surface area contributed by atoms with Crippen LogP contribution >= 0.6 is 27.5 Å². The zero-order valence-electron chi connectivity index (χ0n) is 9.51. The molecule has 0 spiro atoms. The molecule has 0 aliphatic carbocycles. The number of aromatic nitrogens is 2. The minimum absolute atomic E-state index is 0.00474. The van der Waals surface area contributed by atoms with Crippen molar-refractivity contribution >= 4 is 38.9 Å². The number of halogens is 2. The van der Waals surface area contributed by atoms with Crippen molar-refractivity contribution in [2.75, 3.05) is 5.32 Å². The quantitative estimate of drug-likeness (QED) is 0.679. The van der Waals surface area contributed by atoms with Crippen molar-refractivity contribution < 1.29 is 4.92 Å². The van der Waals surface area contributed by atoms with E-state index in [9.17, 15) is 10.1 Å². The van der Waals surface area contributed by atoms with Crippen molar-refractivity contribution in [1.29, 1.82) is 0 Å². The van der Waals surface area contributed by atoms with Crippen LogP contribution in [0.4, 0.5) is 11.4 Å². The molecule has 19 heavy (non-hydrogen) atoms. The highest BCUT2D eigenvalue weighted by Crippen LogP contribution is 2.28. The molecule has 8 heteroatoms. The van der Waals surface area contributed by atoms with Crippen LogP contribution in [0.5, 0.6) is 0 Å². The number of hydrogen-bond acceptors (Lipinski definition) is 5. The molecule has 0 saturated carbocycles. The van der Waals surface area contributed by atoms with Crippen molar-refractivity contribution in [3.63, 3.8) is 0 Å². The van der Waals surface area contributed by atoms with Gasteiger partial charge in [-0.1, -0.05) is 27.5 Å². The predicted octanol–water partition coefficient (Wildman–Crippen LogP) is 3.41. The lowest BCUT2D eigenvalue weighted by Gasteiger charge is -2.06. The van der Waals surface area contributed by atoms with Crippen LogP contribution in [-0.2, 0) is 6.54 Å². The van der Waals surface area contributed by atoms with Crippen LogP contribution in [0.3, 0.4) is 0 Å². The summed E-state index contributed by atoms with van der Waals surface area (Å²) in [4.78, 5) is 10.5. The van der Waals surface area contributed by atoms with Gasteiger partial charge in [-0.3, -0.25) is 10.1 Å². The van der Waals surface area contributed by atoms with Crippen LogP contribution in [0.25, 0.3) is 0 Å². The van der Waals surface area contributed by atoms with Gasteiger partial charge in [-0.25, -0.2) is 0 Å². The fourth-order valence-electron chi connectivity index (χ4n) is 1.43. The Morgan fingerprint density at radius 1 is 1.32 bits per heavy atom. The van der Waals surface area contributed by atoms with Gasteiger partial charge in [-0.2, -0.15) is 5.10 Å². The molecule has 0 aliphatic rings. The standard InChI is InChI=1S/C11H8BrClN4O2/c12-7-1-3-10(17(18)19)9(5-7)14-6-8-2-4-11(13)16-15-8/h1-5,14H,6H2. The van der Waals surface area contributed by atoms with Gasteiger partial charge in [0.25, 0.3) is 5.69 Å². The molecule has 1 heterocycles. The second-order valence-corrected chi connectivity index (χ2v) is 4.92. The molecule has 1 N–H and O–H groups in total. The van der Waals surface area contributed by atoms with E-state index in [1.807, 2.05) is 0 Å². The summed E-state index contributed by atoms with van der Waals surface area (Å²) < 4.78 is 0.753. The average molecular weight is 344 g/mol. The van der Waals surface area contributed by atoms with E-state index in [0.29, 0.717) is 23.1 Å². The number of nitrogens with zero attached hydrogens (tertiary/aromatic N) is 3. The van der Waals surface area contributed by atoms with E-state index >= 15 is 0 Å². The molecule has 0 saturated heterocycles. The highest BCUT2D eigenvalue weighted by molar-refractivity contribution is 9.10. The van der Waals surface area contributed by atoms with Gasteiger partial charge in [0.2, 0.25) is 0 Å². The summed E-state index contributed by atoms with van der Waals surface area (Å²) in [5, 5.41) is 21.7. The van der Waals surface area contributed by atoms with Crippen LogP contribution in [0.15, 0.2) is 34.8 Å². The first-order valence-electron chi connectivity index (χ1n) is 5.22. The zero-order chi connectivity index (χ0) is 13.8. The predicted molar refractivity (Wildman–Crippen MR) is 75.2 cm³/mol. The largest absolute Gasteiger partial charge is 0.374 e. The molecule has 2 rings (SSSR count). The summed E-state index contributed by atoms with van der Waals surface area (Å²) in [6.07, 6.45) is 0. The highest BCUT2D eigenvalue weighted by atomic mass is 79.9. The van der Waals surface area contributed by atoms with Gasteiger partial charge in [0.1, 0.15) is 5.69 Å². The van der Waals surface area contributed by atoms with Gasteiger partial charge in [0.05, 0.1) is 17.2 Å². The Kier molecular flexibility index (Phi) is 4.28. The number of nitrogens with one attached hydrogen (secondary N) is 1. The Balaban J connectivity index is 2.16. The molecule has 0 amide bonds. The van der Waals surface area contributed by atoms with Crippen LogP contribution < -0.4 is 5.32 Å². The third-order valence-electron chi connectivity index (χ3n) is 2.30. The molecular formula is C11H8BrClN4O2. The van der Waals surface area contributed by atoms with E-state index in [1.54, 1.807) is 24.3 Å². The highest BCUT2D eigenvalue weighted by Gasteiger charge is 2.13. The topological polar surface area (TPSA) is 81.0 Å². The van der Waals surface area contributed by atoms with E-state index in [1.165, 1.54) is 6.07 Å². The van der Waals surface area contributed by atoms with Crippen LogP contribution in [-0.4, -0.2) is 15.1 Å². The van der Waals surface area contributed by atoms with E-state index < -0.39 is 4.92 Å². The van der Waals surface area contributed by atoms with Crippen LogP contribution in [0, 0.1) is 10.1 Å². The zero-order valence-corrected chi connectivity index (χ0v) is 11.8. The first-order valence-corrected chi connectivity index (χ1v) is 6.39. The van der Waals surface area contributed by atoms with Crippen molar-refractivity contribution in [3.05, 3.63) is 55.8 Å². The number of benzene rings is 1. The Bertz CT molecular complexity index is 606. The van der Waals surface area contributed by atoms with Crippen molar-refractivity contribution in [1.82, 2.24) is 10.2 Å². The maximum absolute atomic E-state index is 10.9. The third-order valence-corrected chi connectivity index (χ3v) is 3.00. The summed E-state index contributed by atoms with van der Waals surface area (Å²) >= 11 is 8.90. The molecule has 6 nitrogen and oxygen atoms in total. The van der Waals surface area contributed by atoms with E-state index in [0.717, 1.165) is 4.47 Å². The van der Waals surface area contributed by atoms with Gasteiger partial charge >= 0.3 is 0 Å². The van der Waals surface area contributed by atoms with Crippen molar-refractivity contribution in [3.8, 4) is 0 Å². The molecule has 98 valence electrons. The molecule has 1 aromatic carbocycles. The first-order chi connectivity index (χ1) is 9.06. The van der Waals surface area contributed by atoms with Crippen molar-refractivity contribution in [2.24, 2.45) is 0 Å². The fraction of sp³-hybridized carbons (Fsp3) is 0.0909. The second kappa shape index (κ2) is 5.94. The Morgan fingerprint density at radius 3 is 2.74 bits per heavy atom. The van der Waals surface area contributed by atoms with E-state index in [4.69, 9.17) is 11.6 Å². The summed E-state index contributed by atoms with van der Waals surface area (Å²) in [7, 11) is 0.